The number of allylic oxidation sites excluding steroid dienone is 8. The second kappa shape index (κ2) is 6.73. The minimum Gasteiger partial charge on any atom is -1.00 e. The van der Waals surface area contributed by atoms with E-state index in [1.54, 1.807) is 8.85 Å². The van der Waals surface area contributed by atoms with Gasteiger partial charge in [-0.3, -0.25) is 0 Å². The molecule has 3 aliphatic carbocycles. The van der Waals surface area contributed by atoms with Crippen LogP contribution in [0.1, 0.15) is 39.0 Å². The van der Waals surface area contributed by atoms with Crippen molar-refractivity contribution in [1.82, 2.24) is 0 Å². The summed E-state index contributed by atoms with van der Waals surface area (Å²) in [5, 5.41) is 0. The van der Waals surface area contributed by atoms with Gasteiger partial charge in [-0.1, -0.05) is 0 Å². The second-order valence-corrected chi connectivity index (χ2v) is 9.94. The average Bonchev–Trinajstić information content (AvgIpc) is 2.89. The number of rotatable bonds is 2. The van der Waals surface area contributed by atoms with E-state index >= 15 is 0 Å². The Labute approximate surface area is 134 Å². The van der Waals surface area contributed by atoms with Crippen LogP contribution in [0.15, 0.2) is 44.8 Å². The molecule has 0 aromatic carbocycles. The predicted octanol–water partition coefficient (Wildman–Crippen LogP) is -1.46. The summed E-state index contributed by atoms with van der Waals surface area (Å²) in [4.78, 5) is 0. The van der Waals surface area contributed by atoms with Gasteiger partial charge in [0.25, 0.3) is 0 Å². The summed E-state index contributed by atoms with van der Waals surface area (Å²) in [5.74, 6) is 0. The van der Waals surface area contributed by atoms with Gasteiger partial charge < -0.3 is 24.8 Å². The maximum absolute atomic E-state index is 2.54. The first kappa shape index (κ1) is 16.5. The van der Waals surface area contributed by atoms with E-state index in [9.17, 15) is 0 Å². The van der Waals surface area contributed by atoms with Crippen LogP contribution in [0.4, 0.5) is 0 Å². The Morgan fingerprint density at radius 2 is 1.94 bits per heavy atom. The monoisotopic (exact) mass is 358 g/mol. The molecule has 0 spiro atoms. The molecule has 3 rings (SSSR count). The van der Waals surface area contributed by atoms with Crippen molar-refractivity contribution in [1.29, 1.82) is 0 Å². The molecule has 0 nitrogen and oxygen atoms in total. The predicted molar refractivity (Wildman–Crippen MR) is 64.8 cm³/mol. The molecule has 0 bridgehead atoms. The molecule has 0 N–H and O–H groups in total. The molecule has 0 aromatic rings. The smallest absolute Gasteiger partial charge is 1.00 e. The van der Waals surface area contributed by atoms with Gasteiger partial charge >= 0.3 is 110 Å². The van der Waals surface area contributed by atoms with E-state index in [0.29, 0.717) is 3.12 Å². The molecule has 0 aliphatic heterocycles. The van der Waals surface area contributed by atoms with E-state index in [2.05, 4.69) is 37.3 Å². The van der Waals surface area contributed by atoms with Gasteiger partial charge in [0.1, 0.15) is 0 Å². The molecule has 1 atom stereocenters. The molecule has 0 amide bonds. The normalized spacial score (nSPS) is 28.2. The van der Waals surface area contributed by atoms with Crippen molar-refractivity contribution >= 4 is 0 Å². The van der Waals surface area contributed by atoms with E-state index in [4.69, 9.17) is 0 Å². The zero-order chi connectivity index (χ0) is 11.0. The zero-order valence-corrected chi connectivity index (χ0v) is 14.6. The Morgan fingerprint density at radius 3 is 2.67 bits per heavy atom. The fourth-order valence-electron chi connectivity index (χ4n) is 3.06. The van der Waals surface area contributed by atoms with Crippen LogP contribution in [0.3, 0.4) is 0 Å². The zero-order valence-electron chi connectivity index (χ0n) is 10.7. The first-order valence-electron chi connectivity index (χ1n) is 6.33. The minimum absolute atomic E-state index is 0. The SMILES string of the molecule is C[C]1([Zr+2][C]2=CC=CC2)C=CC2=C1CCCC2.[Cl-].[Cl-]. The minimum atomic E-state index is -0.452. The molecule has 1 unspecified atom stereocenters. The first-order valence-corrected chi connectivity index (χ1v) is 8.79. The van der Waals surface area contributed by atoms with E-state index in [0.717, 1.165) is 0 Å². The third kappa shape index (κ3) is 3.11. The summed E-state index contributed by atoms with van der Waals surface area (Å²) < 4.78 is 2.28. The summed E-state index contributed by atoms with van der Waals surface area (Å²) in [6.07, 6.45) is 18.7. The van der Waals surface area contributed by atoms with Crippen LogP contribution in [0, 0.1) is 0 Å². The van der Waals surface area contributed by atoms with Gasteiger partial charge in [0, 0.05) is 0 Å². The third-order valence-corrected chi connectivity index (χ3v) is 8.08. The molecule has 0 heterocycles. The van der Waals surface area contributed by atoms with Crippen molar-refractivity contribution in [3.63, 3.8) is 0 Å². The van der Waals surface area contributed by atoms with Crippen molar-refractivity contribution in [3.8, 4) is 0 Å². The third-order valence-electron chi connectivity index (χ3n) is 3.95. The van der Waals surface area contributed by atoms with Crippen molar-refractivity contribution in [2.24, 2.45) is 0 Å². The van der Waals surface area contributed by atoms with Gasteiger partial charge in [0.2, 0.25) is 0 Å². The summed E-state index contributed by atoms with van der Waals surface area (Å²) in [6, 6.07) is 0. The Morgan fingerprint density at radius 1 is 1.17 bits per heavy atom. The molecule has 0 radical (unpaired) electrons. The Kier molecular flexibility index (Phi) is 6.16. The summed E-state index contributed by atoms with van der Waals surface area (Å²) in [6.45, 7) is 2.50. The Bertz CT molecular complexity index is 432. The largest absolute Gasteiger partial charge is 1.00 e. The molecule has 3 heteroatoms. The van der Waals surface area contributed by atoms with Gasteiger partial charge in [-0.15, -0.1) is 0 Å². The van der Waals surface area contributed by atoms with Crippen molar-refractivity contribution in [3.05, 3.63) is 44.8 Å². The van der Waals surface area contributed by atoms with Gasteiger partial charge in [0.15, 0.2) is 0 Å². The fourth-order valence-corrected chi connectivity index (χ4v) is 7.17. The first-order chi connectivity index (χ1) is 7.78. The van der Waals surface area contributed by atoms with E-state index in [1.807, 2.05) is 5.57 Å². The quantitative estimate of drug-likeness (QED) is 0.565. The fraction of sp³-hybridized carbons (Fsp3) is 0.467. The van der Waals surface area contributed by atoms with Crippen LogP contribution in [-0.2, 0) is 23.2 Å². The molecule has 0 saturated heterocycles. The number of halogens is 2. The van der Waals surface area contributed by atoms with Gasteiger partial charge in [-0.2, -0.15) is 0 Å². The second-order valence-electron chi connectivity index (χ2n) is 5.20. The van der Waals surface area contributed by atoms with Crippen LogP contribution in [0.5, 0.6) is 0 Å². The maximum Gasteiger partial charge on any atom is -1.00 e. The standard InChI is InChI=1S/C10H13.C5H5.2ClH.Zr/c1-8-6-7-9-4-2-3-5-10(8)9;1-2-4-5-3-1;;;/h6-7H,2-5H2,1H3;1-3H,4H2;2*1H;/q;;;;+2/p-2. The molecular weight excluding hydrogens is 342 g/mol. The topological polar surface area (TPSA) is 0 Å². The van der Waals surface area contributed by atoms with Crippen molar-refractivity contribution in [2.45, 2.75) is 42.2 Å². The van der Waals surface area contributed by atoms with Gasteiger partial charge in [0.05, 0.1) is 0 Å². The van der Waals surface area contributed by atoms with Crippen LogP contribution in [0.2, 0.25) is 3.12 Å². The number of hydrogen-bond donors (Lipinski definition) is 0. The summed E-state index contributed by atoms with van der Waals surface area (Å²) in [5.41, 5.74) is 3.51. The molecule has 0 saturated carbocycles. The molecule has 0 fully saturated rings. The van der Waals surface area contributed by atoms with E-state index < -0.39 is 23.2 Å². The van der Waals surface area contributed by atoms with Crippen LogP contribution in [0.25, 0.3) is 0 Å². The molecule has 18 heavy (non-hydrogen) atoms. The van der Waals surface area contributed by atoms with Crippen molar-refractivity contribution in [2.75, 3.05) is 0 Å². The van der Waals surface area contributed by atoms with Crippen LogP contribution < -0.4 is 24.8 Å². The average molecular weight is 360 g/mol. The molecule has 96 valence electrons. The van der Waals surface area contributed by atoms with E-state index in [-0.39, 0.29) is 24.8 Å². The molecular formula is C15H18Cl2Zr. The van der Waals surface area contributed by atoms with Crippen molar-refractivity contribution < 1.29 is 48.0 Å². The molecule has 3 aliphatic rings. The number of hydrogen-bond acceptors (Lipinski definition) is 0. The van der Waals surface area contributed by atoms with E-state index in [1.165, 1.54) is 32.1 Å². The Balaban J connectivity index is 0.000000810. The van der Waals surface area contributed by atoms with Crippen LogP contribution in [-0.4, -0.2) is 0 Å². The van der Waals surface area contributed by atoms with Gasteiger partial charge in [-0.05, 0) is 0 Å². The van der Waals surface area contributed by atoms with Gasteiger partial charge in [-0.25, -0.2) is 0 Å². The summed E-state index contributed by atoms with van der Waals surface area (Å²) >= 11 is -0.452. The maximum atomic E-state index is 2.54. The van der Waals surface area contributed by atoms with Crippen LogP contribution >= 0.6 is 0 Å². The Hall–Kier alpha value is 0.423. The molecule has 0 aromatic heterocycles. The summed E-state index contributed by atoms with van der Waals surface area (Å²) in [7, 11) is 0.